The molecule has 1 aromatic carbocycles. The molecule has 1 aromatic heterocycles. The lowest BCUT2D eigenvalue weighted by molar-refractivity contribution is 0.540. The lowest BCUT2D eigenvalue weighted by atomic mass is 9.80. The van der Waals surface area contributed by atoms with E-state index in [2.05, 4.69) is 17.1 Å². The van der Waals surface area contributed by atoms with Crippen molar-refractivity contribution in [3.05, 3.63) is 51.7 Å². The van der Waals surface area contributed by atoms with Crippen molar-refractivity contribution >= 4 is 23.8 Å². The molecule has 0 aliphatic heterocycles. The lowest BCUT2D eigenvalue weighted by Gasteiger charge is -2.22. The summed E-state index contributed by atoms with van der Waals surface area (Å²) in [6.07, 6.45) is 12.8. The number of halogens is 1. The van der Waals surface area contributed by atoms with Crippen LogP contribution < -0.4 is 10.8 Å². The van der Waals surface area contributed by atoms with Crippen LogP contribution in [0, 0.1) is 11.3 Å². The molecule has 1 saturated carbocycles. The molecule has 2 aliphatic carbocycles. The molecule has 4 heteroatoms. The zero-order valence-electron chi connectivity index (χ0n) is 13.3. The number of nitriles is 1. The summed E-state index contributed by atoms with van der Waals surface area (Å²) >= 11 is 6.53. The minimum Gasteiger partial charge on any atom is -0.436 e. The van der Waals surface area contributed by atoms with E-state index in [1.165, 1.54) is 0 Å². The number of fused-ring (bicyclic) bond motifs is 1. The summed E-state index contributed by atoms with van der Waals surface area (Å²) in [4.78, 5) is 4.57. The zero-order chi connectivity index (χ0) is 16.6. The molecule has 24 heavy (non-hydrogen) atoms. The van der Waals surface area contributed by atoms with Crippen LogP contribution in [-0.2, 0) is 5.41 Å². The highest BCUT2D eigenvalue weighted by molar-refractivity contribution is 6.31. The fourth-order valence-electron chi connectivity index (χ4n) is 3.60. The maximum Gasteiger partial charge on any atom is 0.227 e. The van der Waals surface area contributed by atoms with Crippen LogP contribution in [0.2, 0.25) is 5.02 Å². The predicted octanol–water partition coefficient (Wildman–Crippen LogP) is 3.85. The van der Waals surface area contributed by atoms with Crippen molar-refractivity contribution < 1.29 is 4.42 Å². The van der Waals surface area contributed by atoms with Crippen molar-refractivity contribution in [2.45, 2.75) is 37.5 Å². The number of benzene rings is 1. The summed E-state index contributed by atoms with van der Waals surface area (Å²) in [6, 6.07) is 8.29. The Labute approximate surface area is 145 Å². The molecule has 0 amide bonds. The second-order valence-electron chi connectivity index (χ2n) is 6.40. The standard InChI is InChI=1S/C20H17ClN2O/c21-16-12-14(8-9-15(16)20(13-22)10-4-5-11-20)19-23-17-6-2-1-3-7-18(17)24-19/h1,3,6-9,12H,2,4-5,10-11H2. The summed E-state index contributed by atoms with van der Waals surface area (Å²) in [7, 11) is 0. The molecule has 0 bridgehead atoms. The highest BCUT2D eigenvalue weighted by Gasteiger charge is 2.37. The second kappa shape index (κ2) is 5.96. The molecule has 0 spiro atoms. The van der Waals surface area contributed by atoms with E-state index in [0.717, 1.165) is 54.0 Å². The molecule has 3 nitrogen and oxygen atoms in total. The highest BCUT2D eigenvalue weighted by Crippen LogP contribution is 2.44. The first kappa shape index (κ1) is 15.2. The third-order valence-corrected chi connectivity index (χ3v) is 5.23. The summed E-state index contributed by atoms with van der Waals surface area (Å²) in [5.74, 6) is 0.564. The molecule has 2 aromatic rings. The number of oxazole rings is 1. The Bertz CT molecular complexity index is 972. The van der Waals surface area contributed by atoms with Gasteiger partial charge in [-0.1, -0.05) is 48.7 Å². The van der Waals surface area contributed by atoms with Crippen molar-refractivity contribution in [2.75, 3.05) is 0 Å². The van der Waals surface area contributed by atoms with E-state index in [1.54, 1.807) is 0 Å². The molecule has 120 valence electrons. The van der Waals surface area contributed by atoms with Gasteiger partial charge in [0.15, 0.2) is 5.42 Å². The first-order valence-electron chi connectivity index (χ1n) is 8.27. The third-order valence-electron chi connectivity index (χ3n) is 4.91. The van der Waals surface area contributed by atoms with E-state index in [9.17, 15) is 5.26 Å². The second-order valence-corrected chi connectivity index (χ2v) is 6.81. The van der Waals surface area contributed by atoms with E-state index < -0.39 is 5.41 Å². The van der Waals surface area contributed by atoms with Crippen molar-refractivity contribution in [2.24, 2.45) is 0 Å². The third kappa shape index (κ3) is 2.48. The predicted molar refractivity (Wildman–Crippen MR) is 94.6 cm³/mol. The molecule has 2 aliphatic rings. The summed E-state index contributed by atoms with van der Waals surface area (Å²) in [5.41, 5.74) is 2.11. The molecular weight excluding hydrogens is 320 g/mol. The average Bonchev–Trinajstić information content (AvgIpc) is 3.18. The number of hydrogen-bond donors (Lipinski definition) is 0. The number of aromatic nitrogens is 1. The van der Waals surface area contributed by atoms with Gasteiger partial charge in [-0.05, 0) is 43.0 Å². The van der Waals surface area contributed by atoms with Gasteiger partial charge in [0, 0.05) is 10.6 Å². The smallest absolute Gasteiger partial charge is 0.227 e. The first-order valence-corrected chi connectivity index (χ1v) is 8.65. The Morgan fingerprint density at radius 1 is 1.25 bits per heavy atom. The van der Waals surface area contributed by atoms with Gasteiger partial charge in [-0.3, -0.25) is 0 Å². The molecule has 4 rings (SSSR count). The van der Waals surface area contributed by atoms with Crippen LogP contribution in [0.4, 0.5) is 0 Å². The number of rotatable bonds is 2. The Hall–Kier alpha value is -2.31. The van der Waals surface area contributed by atoms with Gasteiger partial charge < -0.3 is 4.42 Å². The van der Waals surface area contributed by atoms with Crippen molar-refractivity contribution in [3.8, 4) is 17.5 Å². The minimum atomic E-state index is -0.435. The van der Waals surface area contributed by atoms with Crippen LogP contribution in [-0.4, -0.2) is 4.98 Å². The Balaban J connectivity index is 1.77. The largest absolute Gasteiger partial charge is 0.436 e. The number of nitrogens with zero attached hydrogens (tertiary/aromatic N) is 2. The van der Waals surface area contributed by atoms with Crippen LogP contribution >= 0.6 is 11.6 Å². The highest BCUT2D eigenvalue weighted by atomic mass is 35.5. The van der Waals surface area contributed by atoms with Gasteiger partial charge in [-0.15, -0.1) is 0 Å². The first-order chi connectivity index (χ1) is 11.7. The Morgan fingerprint density at radius 3 is 2.83 bits per heavy atom. The molecule has 0 atom stereocenters. The zero-order valence-corrected chi connectivity index (χ0v) is 14.0. The SMILES string of the molecule is N#CC1(c2ccc(-c3nc4c(o3)=CC=CCC=4)cc2Cl)CCCC1. The van der Waals surface area contributed by atoms with Gasteiger partial charge in [-0.25, -0.2) is 4.98 Å². The quantitative estimate of drug-likeness (QED) is 0.837. The van der Waals surface area contributed by atoms with E-state index in [0.29, 0.717) is 10.9 Å². The van der Waals surface area contributed by atoms with Crippen LogP contribution in [0.3, 0.4) is 0 Å². The van der Waals surface area contributed by atoms with Crippen molar-refractivity contribution in [3.63, 3.8) is 0 Å². The topological polar surface area (TPSA) is 49.8 Å². The van der Waals surface area contributed by atoms with Gasteiger partial charge in [0.05, 0.1) is 11.5 Å². The maximum absolute atomic E-state index is 9.66. The maximum atomic E-state index is 9.66. The monoisotopic (exact) mass is 336 g/mol. The summed E-state index contributed by atoms with van der Waals surface area (Å²) in [5, 5.41) is 11.1. The molecule has 0 unspecified atom stereocenters. The van der Waals surface area contributed by atoms with E-state index in [1.807, 2.05) is 36.4 Å². The Morgan fingerprint density at radius 2 is 2.08 bits per heavy atom. The fraction of sp³-hybridized carbons (Fsp3) is 0.300. The number of hydrogen-bond acceptors (Lipinski definition) is 3. The summed E-state index contributed by atoms with van der Waals surface area (Å²) in [6.45, 7) is 0. The molecule has 1 heterocycles. The normalized spacial score (nSPS) is 18.2. The van der Waals surface area contributed by atoms with Crippen molar-refractivity contribution in [1.82, 2.24) is 4.98 Å². The van der Waals surface area contributed by atoms with Gasteiger partial charge in [-0.2, -0.15) is 5.26 Å². The number of allylic oxidation sites excluding steroid dienone is 2. The lowest BCUT2D eigenvalue weighted by Crippen LogP contribution is -2.20. The minimum absolute atomic E-state index is 0.435. The fourth-order valence-corrected chi connectivity index (χ4v) is 3.96. The van der Waals surface area contributed by atoms with Crippen LogP contribution in [0.25, 0.3) is 23.6 Å². The summed E-state index contributed by atoms with van der Waals surface area (Å²) < 4.78 is 5.87. The van der Waals surface area contributed by atoms with E-state index in [-0.39, 0.29) is 0 Å². The molecular formula is C20H17ClN2O. The van der Waals surface area contributed by atoms with Crippen LogP contribution in [0.1, 0.15) is 37.7 Å². The molecule has 1 fully saturated rings. The van der Waals surface area contributed by atoms with Gasteiger partial charge in [0.1, 0.15) is 5.35 Å². The Kier molecular flexibility index (Phi) is 3.78. The average molecular weight is 337 g/mol. The molecule has 0 N–H and O–H groups in total. The van der Waals surface area contributed by atoms with E-state index >= 15 is 0 Å². The molecule has 0 saturated heterocycles. The van der Waals surface area contributed by atoms with Crippen LogP contribution in [0.15, 0.2) is 34.8 Å². The van der Waals surface area contributed by atoms with Crippen LogP contribution in [0.5, 0.6) is 0 Å². The van der Waals surface area contributed by atoms with Gasteiger partial charge in [0.25, 0.3) is 0 Å². The van der Waals surface area contributed by atoms with Gasteiger partial charge in [0.2, 0.25) is 5.89 Å². The molecule has 0 radical (unpaired) electrons. The van der Waals surface area contributed by atoms with Gasteiger partial charge >= 0.3 is 0 Å². The van der Waals surface area contributed by atoms with Crippen molar-refractivity contribution in [1.29, 1.82) is 5.26 Å². The van der Waals surface area contributed by atoms with E-state index in [4.69, 9.17) is 16.0 Å².